The summed E-state index contributed by atoms with van der Waals surface area (Å²) in [6, 6.07) is 20.4. The summed E-state index contributed by atoms with van der Waals surface area (Å²) in [4.78, 5) is 17.3. The monoisotopic (exact) mass is 391 g/mol. The zero-order valence-corrected chi connectivity index (χ0v) is 17.0. The second-order valence-electron chi connectivity index (χ2n) is 7.87. The van der Waals surface area contributed by atoms with E-state index in [9.17, 15) is 4.79 Å². The molecule has 1 atom stereocenters. The van der Waals surface area contributed by atoms with Gasteiger partial charge < -0.3 is 9.73 Å². The number of furan rings is 1. The van der Waals surface area contributed by atoms with Gasteiger partial charge in [-0.15, -0.1) is 0 Å². The maximum Gasteiger partial charge on any atom is 0.234 e. The molecule has 1 saturated heterocycles. The lowest BCUT2D eigenvalue weighted by molar-refractivity contribution is -0.123. The van der Waals surface area contributed by atoms with E-state index in [2.05, 4.69) is 45.4 Å². The molecule has 1 aliphatic rings. The number of fused-ring (bicyclic) bond motifs is 1. The standard InChI is InChI=1S/C24H29N3O2/c1-19(23-16-21-10-5-6-11-22(21)29-23)25-24(28)18-27-13-7-12-26(14-15-27)17-20-8-3-2-4-9-20/h2-6,8-11,16,19H,7,12-15,17-18H2,1H3,(H,25,28). The first-order valence-electron chi connectivity index (χ1n) is 10.4. The van der Waals surface area contributed by atoms with Gasteiger partial charge in [-0.05, 0) is 44.1 Å². The molecular weight excluding hydrogens is 362 g/mol. The first-order chi connectivity index (χ1) is 14.2. The molecule has 0 aliphatic carbocycles. The van der Waals surface area contributed by atoms with Crippen LogP contribution in [0.4, 0.5) is 0 Å². The van der Waals surface area contributed by atoms with Crippen LogP contribution >= 0.6 is 0 Å². The van der Waals surface area contributed by atoms with Gasteiger partial charge in [0.25, 0.3) is 0 Å². The van der Waals surface area contributed by atoms with Crippen molar-refractivity contribution in [1.82, 2.24) is 15.1 Å². The molecule has 2 aromatic carbocycles. The van der Waals surface area contributed by atoms with Gasteiger partial charge in [0.05, 0.1) is 12.6 Å². The molecule has 152 valence electrons. The van der Waals surface area contributed by atoms with Crippen molar-refractivity contribution in [3.63, 3.8) is 0 Å². The summed E-state index contributed by atoms with van der Waals surface area (Å²) in [5.41, 5.74) is 2.20. The molecule has 29 heavy (non-hydrogen) atoms. The van der Waals surface area contributed by atoms with Gasteiger partial charge in [0.15, 0.2) is 0 Å². The molecule has 5 heteroatoms. The van der Waals surface area contributed by atoms with Crippen molar-refractivity contribution in [2.45, 2.75) is 25.9 Å². The van der Waals surface area contributed by atoms with Crippen LogP contribution in [0.15, 0.2) is 65.1 Å². The number of nitrogens with one attached hydrogen (secondary N) is 1. The molecule has 0 bridgehead atoms. The minimum absolute atomic E-state index is 0.0504. The summed E-state index contributed by atoms with van der Waals surface area (Å²) < 4.78 is 5.88. The Labute approximate surface area is 172 Å². The Kier molecular flexibility index (Phi) is 6.27. The molecule has 4 rings (SSSR count). The normalized spacial score (nSPS) is 17.1. The average molecular weight is 392 g/mol. The third-order valence-electron chi connectivity index (χ3n) is 5.55. The Hall–Kier alpha value is -2.63. The van der Waals surface area contributed by atoms with E-state index < -0.39 is 0 Å². The van der Waals surface area contributed by atoms with Crippen LogP contribution in [0.1, 0.15) is 30.7 Å². The zero-order chi connectivity index (χ0) is 20.1. The molecule has 0 radical (unpaired) electrons. The van der Waals surface area contributed by atoms with E-state index in [0.717, 1.165) is 55.9 Å². The molecule has 1 aromatic heterocycles. The molecule has 1 unspecified atom stereocenters. The van der Waals surface area contributed by atoms with Crippen LogP contribution in [0.2, 0.25) is 0 Å². The minimum Gasteiger partial charge on any atom is -0.459 e. The second kappa shape index (κ2) is 9.25. The van der Waals surface area contributed by atoms with E-state index in [1.165, 1.54) is 5.56 Å². The highest BCUT2D eigenvalue weighted by atomic mass is 16.3. The highest BCUT2D eigenvalue weighted by Crippen LogP contribution is 2.23. The van der Waals surface area contributed by atoms with Crippen molar-refractivity contribution >= 4 is 16.9 Å². The number of nitrogens with zero attached hydrogens (tertiary/aromatic N) is 2. The van der Waals surface area contributed by atoms with Crippen molar-refractivity contribution < 1.29 is 9.21 Å². The number of carbonyl (C=O) groups is 1. The van der Waals surface area contributed by atoms with Crippen molar-refractivity contribution in [1.29, 1.82) is 0 Å². The minimum atomic E-state index is -0.142. The maximum atomic E-state index is 12.6. The topological polar surface area (TPSA) is 48.7 Å². The number of amides is 1. The molecular formula is C24H29N3O2. The Balaban J connectivity index is 1.27. The number of benzene rings is 2. The quantitative estimate of drug-likeness (QED) is 0.694. The van der Waals surface area contributed by atoms with E-state index in [1.807, 2.05) is 37.3 Å². The largest absolute Gasteiger partial charge is 0.459 e. The number of rotatable bonds is 6. The van der Waals surface area contributed by atoms with Crippen LogP contribution in [0, 0.1) is 0 Å². The smallest absolute Gasteiger partial charge is 0.234 e. The summed E-state index contributed by atoms with van der Waals surface area (Å²) in [6.45, 7) is 7.31. The Morgan fingerprint density at radius 1 is 1.00 bits per heavy atom. The lowest BCUT2D eigenvalue weighted by atomic mass is 10.2. The number of hydrogen-bond donors (Lipinski definition) is 1. The predicted molar refractivity (Wildman–Crippen MR) is 116 cm³/mol. The summed E-state index contributed by atoms with van der Waals surface area (Å²) in [7, 11) is 0. The van der Waals surface area contributed by atoms with Crippen LogP contribution in [-0.2, 0) is 11.3 Å². The first kappa shape index (κ1) is 19.7. The SMILES string of the molecule is CC(NC(=O)CN1CCCN(Cc2ccccc2)CC1)c1cc2ccccc2o1. The molecule has 1 N–H and O–H groups in total. The van der Waals surface area contributed by atoms with E-state index in [-0.39, 0.29) is 11.9 Å². The fourth-order valence-electron chi connectivity index (χ4n) is 3.96. The molecule has 5 nitrogen and oxygen atoms in total. The molecule has 0 spiro atoms. The van der Waals surface area contributed by atoms with Gasteiger partial charge in [-0.2, -0.15) is 0 Å². The van der Waals surface area contributed by atoms with Gasteiger partial charge in [-0.1, -0.05) is 48.5 Å². The highest BCUT2D eigenvalue weighted by molar-refractivity contribution is 5.80. The van der Waals surface area contributed by atoms with Crippen molar-refractivity contribution in [3.8, 4) is 0 Å². The van der Waals surface area contributed by atoms with E-state index >= 15 is 0 Å². The number of para-hydroxylation sites is 1. The third kappa shape index (κ3) is 5.25. The molecule has 0 saturated carbocycles. The number of carbonyl (C=O) groups excluding carboxylic acids is 1. The maximum absolute atomic E-state index is 12.6. The number of hydrogen-bond acceptors (Lipinski definition) is 4. The van der Waals surface area contributed by atoms with Crippen LogP contribution in [0.3, 0.4) is 0 Å². The van der Waals surface area contributed by atoms with Gasteiger partial charge in [-0.25, -0.2) is 0 Å². The average Bonchev–Trinajstić information content (AvgIpc) is 3.05. The molecule has 2 heterocycles. The van der Waals surface area contributed by atoms with E-state index in [1.54, 1.807) is 0 Å². The van der Waals surface area contributed by atoms with Crippen LogP contribution < -0.4 is 5.32 Å². The Bertz CT molecular complexity index is 904. The van der Waals surface area contributed by atoms with Gasteiger partial charge in [0, 0.05) is 25.0 Å². The van der Waals surface area contributed by atoms with Gasteiger partial charge in [-0.3, -0.25) is 14.6 Å². The Morgan fingerprint density at radius 3 is 2.55 bits per heavy atom. The van der Waals surface area contributed by atoms with E-state index in [4.69, 9.17) is 4.42 Å². The first-order valence-corrected chi connectivity index (χ1v) is 10.4. The Morgan fingerprint density at radius 2 is 1.72 bits per heavy atom. The van der Waals surface area contributed by atoms with Crippen LogP contribution in [0.25, 0.3) is 11.0 Å². The second-order valence-corrected chi connectivity index (χ2v) is 7.87. The molecule has 1 amide bonds. The lowest BCUT2D eigenvalue weighted by Gasteiger charge is -2.22. The molecule has 3 aromatic rings. The van der Waals surface area contributed by atoms with Crippen molar-refractivity contribution in [3.05, 3.63) is 72.0 Å². The van der Waals surface area contributed by atoms with Gasteiger partial charge in [0.1, 0.15) is 11.3 Å². The van der Waals surface area contributed by atoms with Gasteiger partial charge in [0.2, 0.25) is 5.91 Å². The fraction of sp³-hybridized carbons (Fsp3) is 0.375. The van der Waals surface area contributed by atoms with Gasteiger partial charge >= 0.3 is 0 Å². The lowest BCUT2D eigenvalue weighted by Crippen LogP contribution is -2.40. The van der Waals surface area contributed by atoms with Crippen molar-refractivity contribution in [2.75, 3.05) is 32.7 Å². The fourth-order valence-corrected chi connectivity index (χ4v) is 3.96. The summed E-state index contributed by atoms with van der Waals surface area (Å²) in [5.74, 6) is 0.846. The highest BCUT2D eigenvalue weighted by Gasteiger charge is 2.19. The summed E-state index contributed by atoms with van der Waals surface area (Å²) in [5, 5.41) is 4.15. The zero-order valence-electron chi connectivity index (χ0n) is 17.0. The third-order valence-corrected chi connectivity index (χ3v) is 5.55. The van der Waals surface area contributed by atoms with Crippen molar-refractivity contribution in [2.24, 2.45) is 0 Å². The summed E-state index contributed by atoms with van der Waals surface area (Å²) >= 11 is 0. The summed E-state index contributed by atoms with van der Waals surface area (Å²) in [6.07, 6.45) is 1.08. The molecule has 1 aliphatic heterocycles. The van der Waals surface area contributed by atoms with Crippen LogP contribution in [-0.4, -0.2) is 48.4 Å². The van der Waals surface area contributed by atoms with E-state index in [0.29, 0.717) is 6.54 Å². The van der Waals surface area contributed by atoms with Crippen LogP contribution in [0.5, 0.6) is 0 Å². The molecule has 1 fully saturated rings. The predicted octanol–water partition coefficient (Wildman–Crippen LogP) is 3.82.